The quantitative estimate of drug-likeness (QED) is 0.858. The Bertz CT molecular complexity index is 492. The molecule has 0 spiro atoms. The number of halogens is 1. The molecule has 5 heteroatoms. The van der Waals surface area contributed by atoms with Gasteiger partial charge in [0.1, 0.15) is 18.0 Å². The van der Waals surface area contributed by atoms with Crippen molar-refractivity contribution in [1.82, 2.24) is 14.8 Å². The molecule has 1 aromatic heterocycles. The smallest absolute Gasteiger partial charge is 0.146 e. The van der Waals surface area contributed by atoms with E-state index in [1.807, 2.05) is 6.92 Å². The zero-order chi connectivity index (χ0) is 11.5. The van der Waals surface area contributed by atoms with Gasteiger partial charge in [-0.15, -0.1) is 0 Å². The van der Waals surface area contributed by atoms with Crippen molar-refractivity contribution in [3.63, 3.8) is 0 Å². The summed E-state index contributed by atoms with van der Waals surface area (Å²) in [6, 6.07) is 4.96. The van der Waals surface area contributed by atoms with Crippen molar-refractivity contribution < 1.29 is 4.39 Å². The monoisotopic (exact) mass is 220 g/mol. The first-order valence-corrected chi connectivity index (χ1v) is 4.99. The third-order valence-electron chi connectivity index (χ3n) is 2.36. The Morgan fingerprint density at radius 3 is 2.94 bits per heavy atom. The molecule has 0 unspecified atom stereocenters. The number of hydrogen-bond donors (Lipinski definition) is 1. The Kier molecular flexibility index (Phi) is 2.85. The van der Waals surface area contributed by atoms with Crippen LogP contribution in [0.5, 0.6) is 0 Å². The predicted octanol–water partition coefficient (Wildman–Crippen LogP) is 1.87. The molecule has 1 aromatic carbocycles. The van der Waals surface area contributed by atoms with Crippen molar-refractivity contribution in [1.29, 1.82) is 0 Å². The number of benzene rings is 1. The Morgan fingerprint density at radius 1 is 1.44 bits per heavy atom. The molecule has 0 fully saturated rings. The van der Waals surface area contributed by atoms with Crippen LogP contribution < -0.4 is 5.32 Å². The van der Waals surface area contributed by atoms with Crippen LogP contribution in [0.25, 0.3) is 0 Å². The van der Waals surface area contributed by atoms with E-state index in [4.69, 9.17) is 0 Å². The van der Waals surface area contributed by atoms with Crippen LogP contribution in [0.1, 0.15) is 11.4 Å². The average Bonchev–Trinajstić information content (AvgIpc) is 2.66. The van der Waals surface area contributed by atoms with Gasteiger partial charge in [-0.05, 0) is 24.6 Å². The average molecular weight is 220 g/mol. The van der Waals surface area contributed by atoms with Crippen molar-refractivity contribution in [2.45, 2.75) is 13.5 Å². The lowest BCUT2D eigenvalue weighted by Gasteiger charge is -2.07. The zero-order valence-electron chi connectivity index (χ0n) is 9.24. The number of aryl methyl sites for hydroxylation is 2. The van der Waals surface area contributed by atoms with E-state index in [1.165, 1.54) is 12.4 Å². The summed E-state index contributed by atoms with van der Waals surface area (Å²) in [6.45, 7) is 2.38. The first-order chi connectivity index (χ1) is 7.66. The van der Waals surface area contributed by atoms with Crippen LogP contribution >= 0.6 is 0 Å². The number of hydrogen-bond acceptors (Lipinski definition) is 3. The van der Waals surface area contributed by atoms with Gasteiger partial charge in [-0.25, -0.2) is 9.37 Å². The fraction of sp³-hybridized carbons (Fsp3) is 0.273. The highest BCUT2D eigenvalue weighted by Crippen LogP contribution is 2.16. The van der Waals surface area contributed by atoms with Crippen LogP contribution in [0.2, 0.25) is 0 Å². The lowest BCUT2D eigenvalue weighted by Crippen LogP contribution is -2.07. The van der Waals surface area contributed by atoms with Crippen molar-refractivity contribution in [3.05, 3.63) is 41.7 Å². The Labute approximate surface area is 93.1 Å². The normalized spacial score (nSPS) is 10.4. The molecule has 16 heavy (non-hydrogen) atoms. The molecule has 0 aliphatic heterocycles. The molecule has 0 radical (unpaired) electrons. The minimum atomic E-state index is -0.257. The summed E-state index contributed by atoms with van der Waals surface area (Å²) in [5.41, 5.74) is 1.50. The summed E-state index contributed by atoms with van der Waals surface area (Å²) < 4.78 is 15.0. The number of nitrogens with zero attached hydrogens (tertiary/aromatic N) is 3. The van der Waals surface area contributed by atoms with Gasteiger partial charge in [-0.1, -0.05) is 6.07 Å². The Morgan fingerprint density at radius 2 is 2.25 bits per heavy atom. The Balaban J connectivity index is 2.10. The second-order valence-electron chi connectivity index (χ2n) is 3.64. The van der Waals surface area contributed by atoms with Gasteiger partial charge >= 0.3 is 0 Å². The van der Waals surface area contributed by atoms with Gasteiger partial charge in [0, 0.05) is 7.05 Å². The van der Waals surface area contributed by atoms with Crippen LogP contribution in [0.15, 0.2) is 24.5 Å². The molecule has 0 aliphatic rings. The standard InChI is InChI=1S/C11H13FN4/c1-8-3-4-9(12)10(5-8)13-6-11-14-7-15-16(11)2/h3-5,7,13H,6H2,1-2H3. The molecule has 0 bridgehead atoms. The topological polar surface area (TPSA) is 42.7 Å². The summed E-state index contributed by atoms with van der Waals surface area (Å²) in [6.07, 6.45) is 1.48. The SMILES string of the molecule is Cc1ccc(F)c(NCc2ncnn2C)c1. The van der Waals surface area contributed by atoms with Gasteiger partial charge in [-0.3, -0.25) is 4.68 Å². The van der Waals surface area contributed by atoms with Gasteiger partial charge in [0.25, 0.3) is 0 Å². The molecule has 0 amide bonds. The van der Waals surface area contributed by atoms with Crippen LogP contribution in [-0.2, 0) is 13.6 Å². The van der Waals surface area contributed by atoms with E-state index in [0.29, 0.717) is 12.2 Å². The highest BCUT2D eigenvalue weighted by Gasteiger charge is 2.04. The van der Waals surface area contributed by atoms with Crippen molar-refractivity contribution in [2.24, 2.45) is 7.05 Å². The van der Waals surface area contributed by atoms with Gasteiger partial charge in [-0.2, -0.15) is 5.10 Å². The fourth-order valence-corrected chi connectivity index (χ4v) is 1.43. The summed E-state index contributed by atoms with van der Waals surface area (Å²) >= 11 is 0. The summed E-state index contributed by atoms with van der Waals surface area (Å²) in [7, 11) is 1.80. The van der Waals surface area contributed by atoms with Crippen LogP contribution in [0, 0.1) is 12.7 Å². The van der Waals surface area contributed by atoms with E-state index in [2.05, 4.69) is 15.4 Å². The molecule has 0 saturated heterocycles. The van der Waals surface area contributed by atoms with Crippen LogP contribution in [0.3, 0.4) is 0 Å². The molecule has 0 atom stereocenters. The van der Waals surface area contributed by atoms with Crippen molar-refractivity contribution in [3.8, 4) is 0 Å². The number of rotatable bonds is 3. The number of aromatic nitrogens is 3. The largest absolute Gasteiger partial charge is 0.375 e. The summed E-state index contributed by atoms with van der Waals surface area (Å²) in [4.78, 5) is 4.05. The highest BCUT2D eigenvalue weighted by molar-refractivity contribution is 5.46. The van der Waals surface area contributed by atoms with Gasteiger partial charge in [0.2, 0.25) is 0 Å². The third kappa shape index (κ3) is 2.18. The van der Waals surface area contributed by atoms with E-state index in [9.17, 15) is 4.39 Å². The van der Waals surface area contributed by atoms with Crippen LogP contribution in [0.4, 0.5) is 10.1 Å². The molecule has 1 heterocycles. The molecule has 4 nitrogen and oxygen atoms in total. The van der Waals surface area contributed by atoms with Gasteiger partial charge < -0.3 is 5.32 Å². The minimum Gasteiger partial charge on any atom is -0.375 e. The third-order valence-corrected chi connectivity index (χ3v) is 2.36. The maximum atomic E-state index is 13.4. The van der Waals surface area contributed by atoms with E-state index in [-0.39, 0.29) is 5.82 Å². The molecule has 0 aliphatic carbocycles. The van der Waals surface area contributed by atoms with E-state index < -0.39 is 0 Å². The zero-order valence-corrected chi connectivity index (χ0v) is 9.24. The summed E-state index contributed by atoms with van der Waals surface area (Å²) in [5, 5.41) is 6.94. The molecule has 1 N–H and O–H groups in total. The highest BCUT2D eigenvalue weighted by atomic mass is 19.1. The molecule has 0 saturated carbocycles. The lowest BCUT2D eigenvalue weighted by atomic mass is 10.2. The first kappa shape index (κ1) is 10.6. The molecule has 2 rings (SSSR count). The first-order valence-electron chi connectivity index (χ1n) is 4.99. The van der Waals surface area contributed by atoms with E-state index >= 15 is 0 Å². The fourth-order valence-electron chi connectivity index (χ4n) is 1.43. The van der Waals surface area contributed by atoms with Crippen molar-refractivity contribution in [2.75, 3.05) is 5.32 Å². The maximum absolute atomic E-state index is 13.4. The lowest BCUT2D eigenvalue weighted by molar-refractivity contribution is 0.628. The van der Waals surface area contributed by atoms with Gasteiger partial charge in [0.05, 0.1) is 12.2 Å². The van der Waals surface area contributed by atoms with E-state index in [1.54, 1.807) is 23.9 Å². The maximum Gasteiger partial charge on any atom is 0.146 e. The molecular formula is C11H13FN4. The second kappa shape index (κ2) is 4.30. The van der Waals surface area contributed by atoms with Gasteiger partial charge in [0.15, 0.2) is 0 Å². The molecular weight excluding hydrogens is 207 g/mol. The second-order valence-corrected chi connectivity index (χ2v) is 3.64. The molecule has 2 aromatic rings. The summed E-state index contributed by atoms with van der Waals surface area (Å²) in [5.74, 6) is 0.508. The number of nitrogens with one attached hydrogen (secondary N) is 1. The Hall–Kier alpha value is -1.91. The van der Waals surface area contributed by atoms with Crippen LogP contribution in [-0.4, -0.2) is 14.8 Å². The predicted molar refractivity (Wildman–Crippen MR) is 59.5 cm³/mol. The van der Waals surface area contributed by atoms with Crippen molar-refractivity contribution >= 4 is 5.69 Å². The number of anilines is 1. The van der Waals surface area contributed by atoms with E-state index in [0.717, 1.165) is 11.4 Å². The molecule has 84 valence electrons. The minimum absolute atomic E-state index is 0.257.